The second-order valence-corrected chi connectivity index (χ2v) is 4.85. The van der Waals surface area contributed by atoms with E-state index in [9.17, 15) is 0 Å². The normalized spacial score (nSPS) is 10.4. The topological polar surface area (TPSA) is 3.24 Å². The van der Waals surface area contributed by atoms with E-state index in [4.69, 9.17) is 0 Å². The number of hydrogen-bond donors (Lipinski definition) is 0. The van der Waals surface area contributed by atoms with Gasteiger partial charge in [0.25, 0.3) is 0 Å². The van der Waals surface area contributed by atoms with Crippen molar-refractivity contribution in [3.8, 4) is 0 Å². The largest absolute Gasteiger partial charge is 0.422 e. The van der Waals surface area contributed by atoms with Crippen LogP contribution in [0.3, 0.4) is 0 Å². The first-order valence-corrected chi connectivity index (χ1v) is 6.33. The highest BCUT2D eigenvalue weighted by Gasteiger charge is 2.02. The molecule has 0 unspecified atom stereocenters. The molecule has 0 amide bonds. The highest BCUT2D eigenvalue weighted by Crippen LogP contribution is 2.17. The average Bonchev–Trinajstić information content (AvgIpc) is 2.35. The Balaban J connectivity index is 2.54. The van der Waals surface area contributed by atoms with Crippen molar-refractivity contribution in [1.82, 2.24) is 0 Å². The Kier molecular flexibility index (Phi) is 5.34. The summed E-state index contributed by atoms with van der Waals surface area (Å²) in [5.74, 6) is 0.593. The molecule has 0 aliphatic carbocycles. The maximum atomic E-state index is 4.12. The number of anilines is 1. The molecule has 1 aromatic rings. The van der Waals surface area contributed by atoms with E-state index in [0.29, 0.717) is 5.92 Å². The first-order valence-electron chi connectivity index (χ1n) is 6.33. The Morgan fingerprint density at radius 3 is 2.35 bits per heavy atom. The van der Waals surface area contributed by atoms with Crippen molar-refractivity contribution in [2.24, 2.45) is 5.92 Å². The highest BCUT2D eigenvalue weighted by molar-refractivity contribution is 6.39. The van der Waals surface area contributed by atoms with Crippen LogP contribution >= 0.6 is 0 Å². The molecule has 0 bridgehead atoms. The fourth-order valence-electron chi connectivity index (χ4n) is 1.64. The molecule has 0 fully saturated rings. The van der Waals surface area contributed by atoms with Crippen molar-refractivity contribution >= 4 is 13.1 Å². The summed E-state index contributed by atoms with van der Waals surface area (Å²) in [5, 5.41) is 0. The van der Waals surface area contributed by atoms with Gasteiger partial charge in [-0.15, -0.1) is 0 Å². The standard InChI is InChI=1S/C15H23BN/c1-12(2)13(3)6-7-14-8-10-15(11-9-14)17(5)16-4/h8-12H,3,6-7H2,1-2,4-5H3. The summed E-state index contributed by atoms with van der Waals surface area (Å²) in [5.41, 5.74) is 3.96. The van der Waals surface area contributed by atoms with Crippen LogP contribution in [-0.4, -0.2) is 14.5 Å². The summed E-state index contributed by atoms with van der Waals surface area (Å²) in [4.78, 5) is 2.12. The smallest absolute Gasteiger partial charge is 0.242 e. The van der Waals surface area contributed by atoms with E-state index in [0.717, 1.165) is 12.8 Å². The van der Waals surface area contributed by atoms with Crippen molar-refractivity contribution in [1.29, 1.82) is 0 Å². The van der Waals surface area contributed by atoms with Gasteiger partial charge in [-0.05, 0) is 43.5 Å². The predicted octanol–water partition coefficient (Wildman–Crippen LogP) is 3.93. The molecule has 1 rings (SSSR count). The van der Waals surface area contributed by atoms with E-state index >= 15 is 0 Å². The second kappa shape index (κ2) is 6.53. The lowest BCUT2D eigenvalue weighted by Gasteiger charge is -2.16. The zero-order valence-electron chi connectivity index (χ0n) is 11.5. The molecule has 0 atom stereocenters. The summed E-state index contributed by atoms with van der Waals surface area (Å²) in [6, 6.07) is 8.77. The lowest BCUT2D eigenvalue weighted by atomic mass is 9.95. The van der Waals surface area contributed by atoms with Crippen LogP contribution in [0.25, 0.3) is 0 Å². The van der Waals surface area contributed by atoms with Gasteiger partial charge < -0.3 is 4.81 Å². The van der Waals surface area contributed by atoms with Crippen molar-refractivity contribution in [2.45, 2.75) is 33.5 Å². The van der Waals surface area contributed by atoms with Gasteiger partial charge in [0, 0.05) is 5.69 Å². The third-order valence-corrected chi connectivity index (χ3v) is 3.28. The summed E-state index contributed by atoms with van der Waals surface area (Å²) in [7, 11) is 4.13. The minimum Gasteiger partial charge on any atom is -0.422 e. The fourth-order valence-corrected chi connectivity index (χ4v) is 1.64. The van der Waals surface area contributed by atoms with Crippen LogP contribution in [0.1, 0.15) is 25.8 Å². The zero-order chi connectivity index (χ0) is 12.8. The lowest BCUT2D eigenvalue weighted by molar-refractivity contribution is 0.713. The molecule has 0 saturated carbocycles. The fraction of sp³-hybridized carbons (Fsp3) is 0.467. The lowest BCUT2D eigenvalue weighted by Crippen LogP contribution is -2.18. The monoisotopic (exact) mass is 228 g/mol. The molecule has 0 spiro atoms. The Bertz CT molecular complexity index is 354. The first-order chi connectivity index (χ1) is 8.04. The maximum Gasteiger partial charge on any atom is 0.242 e. The molecular formula is C15H23BN. The molecule has 0 aliphatic rings. The highest BCUT2D eigenvalue weighted by atomic mass is 15.0. The second-order valence-electron chi connectivity index (χ2n) is 4.85. The summed E-state index contributed by atoms with van der Waals surface area (Å²) < 4.78 is 0. The molecule has 1 radical (unpaired) electrons. The van der Waals surface area contributed by atoms with Crippen molar-refractivity contribution in [3.05, 3.63) is 42.0 Å². The Morgan fingerprint density at radius 2 is 1.88 bits per heavy atom. The number of benzene rings is 1. The molecule has 0 aliphatic heterocycles. The average molecular weight is 228 g/mol. The van der Waals surface area contributed by atoms with Gasteiger partial charge in [0.1, 0.15) is 0 Å². The molecule has 0 saturated heterocycles. The van der Waals surface area contributed by atoms with Crippen molar-refractivity contribution < 1.29 is 0 Å². The number of hydrogen-bond acceptors (Lipinski definition) is 1. The van der Waals surface area contributed by atoms with E-state index in [1.165, 1.54) is 16.8 Å². The van der Waals surface area contributed by atoms with Gasteiger partial charge in [0.2, 0.25) is 7.41 Å². The minimum atomic E-state index is 0.593. The van der Waals surface area contributed by atoms with Crippen LogP contribution in [0.5, 0.6) is 0 Å². The third kappa shape index (κ3) is 4.30. The molecule has 2 heteroatoms. The van der Waals surface area contributed by atoms with Crippen molar-refractivity contribution in [2.75, 3.05) is 11.9 Å². The van der Waals surface area contributed by atoms with Crippen molar-refractivity contribution in [3.63, 3.8) is 0 Å². The summed E-state index contributed by atoms with van der Waals surface area (Å²) in [6.45, 7) is 10.6. The van der Waals surface area contributed by atoms with E-state index in [2.05, 4.69) is 64.0 Å². The van der Waals surface area contributed by atoms with Gasteiger partial charge in [0.05, 0.1) is 0 Å². The van der Waals surface area contributed by atoms with Gasteiger partial charge >= 0.3 is 0 Å². The zero-order valence-corrected chi connectivity index (χ0v) is 11.5. The van der Waals surface area contributed by atoms with Crippen LogP contribution in [0.4, 0.5) is 5.69 Å². The molecule has 0 N–H and O–H groups in total. The van der Waals surface area contributed by atoms with Crippen LogP contribution < -0.4 is 4.81 Å². The van der Waals surface area contributed by atoms with Crippen LogP contribution in [0, 0.1) is 5.92 Å². The van der Waals surface area contributed by atoms with E-state index in [-0.39, 0.29) is 0 Å². The molecule has 1 aromatic carbocycles. The number of aryl methyl sites for hydroxylation is 1. The Labute approximate surface area is 107 Å². The molecule has 91 valence electrons. The number of allylic oxidation sites excluding steroid dienone is 1. The van der Waals surface area contributed by atoms with Crippen LogP contribution in [-0.2, 0) is 6.42 Å². The molecule has 0 heterocycles. The van der Waals surface area contributed by atoms with E-state index in [1.54, 1.807) is 0 Å². The molecule has 0 aromatic heterocycles. The Hall–Kier alpha value is -1.18. The number of nitrogens with zero attached hydrogens (tertiary/aromatic N) is 1. The first kappa shape index (κ1) is 13.9. The molecule has 1 nitrogen and oxygen atoms in total. The van der Waals surface area contributed by atoms with Gasteiger partial charge in [-0.3, -0.25) is 0 Å². The predicted molar refractivity (Wildman–Crippen MR) is 78.8 cm³/mol. The molecule has 17 heavy (non-hydrogen) atoms. The van der Waals surface area contributed by atoms with Gasteiger partial charge in [-0.1, -0.05) is 45.0 Å². The third-order valence-electron chi connectivity index (χ3n) is 3.28. The number of rotatable bonds is 6. The molecular weight excluding hydrogens is 205 g/mol. The minimum absolute atomic E-state index is 0.593. The van der Waals surface area contributed by atoms with Gasteiger partial charge in [-0.2, -0.15) is 0 Å². The summed E-state index contributed by atoms with van der Waals surface area (Å²) in [6.07, 6.45) is 2.18. The van der Waals surface area contributed by atoms with Gasteiger partial charge in [-0.25, -0.2) is 0 Å². The van der Waals surface area contributed by atoms with E-state index in [1.807, 2.05) is 6.82 Å². The van der Waals surface area contributed by atoms with Crippen LogP contribution in [0.15, 0.2) is 36.4 Å². The van der Waals surface area contributed by atoms with E-state index < -0.39 is 0 Å². The van der Waals surface area contributed by atoms with Gasteiger partial charge in [0.15, 0.2) is 0 Å². The quantitative estimate of drug-likeness (QED) is 0.526. The Morgan fingerprint density at radius 1 is 1.29 bits per heavy atom. The maximum absolute atomic E-state index is 4.12. The SMILES string of the molecule is C=C(CCc1ccc(N(C)[B]C)cc1)C(C)C. The summed E-state index contributed by atoms with van der Waals surface area (Å²) >= 11 is 0. The van der Waals surface area contributed by atoms with Crippen LogP contribution in [0.2, 0.25) is 6.82 Å².